The molecular formula is C26H19Cl2N8NaO3S2. The Labute approximate surface area is 284 Å². The molecule has 0 spiro atoms. The van der Waals surface area contributed by atoms with Crippen LogP contribution < -0.4 is 35.3 Å². The van der Waals surface area contributed by atoms with E-state index in [4.69, 9.17) is 68.3 Å². The normalized spacial score (nSPS) is 8.76. The second kappa shape index (κ2) is 26.0. The molecular weight excluding hydrogens is 630 g/mol. The maximum absolute atomic E-state index is 9.92. The summed E-state index contributed by atoms with van der Waals surface area (Å²) in [6, 6.07) is 23.8. The number of nitriles is 3. The van der Waals surface area contributed by atoms with Gasteiger partial charge in [0.25, 0.3) is 5.71 Å². The van der Waals surface area contributed by atoms with Crippen molar-refractivity contribution in [3.63, 3.8) is 0 Å². The summed E-state index contributed by atoms with van der Waals surface area (Å²) in [6.07, 6.45) is 0. The average molecular weight is 650 g/mol. The van der Waals surface area contributed by atoms with Gasteiger partial charge in [-0.05, 0) is 0 Å². The van der Waals surface area contributed by atoms with Crippen molar-refractivity contribution in [2.45, 2.75) is 6.61 Å². The SMILES string of the molecule is N#CC(C#N)=NOCc1csc(-c2ccccc2)n1.NC(=S)c1ccccc1.O=C(CCl)CCl.[C-]#[N+]/C(C#N)=N/[O-].[Na+]. The van der Waals surface area contributed by atoms with Gasteiger partial charge in [-0.1, -0.05) is 84.6 Å². The van der Waals surface area contributed by atoms with Crippen molar-refractivity contribution in [3.8, 4) is 28.8 Å². The van der Waals surface area contributed by atoms with Gasteiger partial charge < -0.3 is 20.6 Å². The van der Waals surface area contributed by atoms with Gasteiger partial charge >= 0.3 is 35.4 Å². The minimum Gasteiger partial charge on any atom is -0.691 e. The van der Waals surface area contributed by atoms with E-state index in [-0.39, 0.29) is 59.4 Å². The summed E-state index contributed by atoms with van der Waals surface area (Å²) in [5, 5.41) is 42.2. The molecule has 0 unspecified atom stereocenters. The van der Waals surface area contributed by atoms with Crippen LogP contribution in [0, 0.1) is 45.8 Å². The molecule has 0 aliphatic carbocycles. The summed E-state index contributed by atoms with van der Waals surface area (Å²) >= 11 is 16.3. The number of nitrogens with zero attached hydrogens (tertiary/aromatic N) is 7. The van der Waals surface area contributed by atoms with Crippen LogP contribution in [0.3, 0.4) is 0 Å². The maximum atomic E-state index is 9.92. The molecule has 0 atom stereocenters. The van der Waals surface area contributed by atoms with Crippen molar-refractivity contribution in [1.29, 1.82) is 15.8 Å². The average Bonchev–Trinajstić information content (AvgIpc) is 3.50. The van der Waals surface area contributed by atoms with Crippen LogP contribution in [0.15, 0.2) is 76.4 Å². The largest absolute Gasteiger partial charge is 1.00 e. The third kappa shape index (κ3) is 18.5. The van der Waals surface area contributed by atoms with Crippen molar-refractivity contribution in [2.75, 3.05) is 11.8 Å². The van der Waals surface area contributed by atoms with E-state index in [1.54, 1.807) is 12.1 Å². The topological polar surface area (TPSA) is 189 Å². The number of aromatic nitrogens is 1. The van der Waals surface area contributed by atoms with Gasteiger partial charge in [0.05, 0.1) is 17.5 Å². The first-order valence-corrected chi connectivity index (χ1v) is 13.1. The number of Topliss-reactive ketones (excluding diaryl/α,β-unsaturated/α-hetero) is 1. The van der Waals surface area contributed by atoms with E-state index in [1.807, 2.05) is 66.0 Å². The zero-order valence-corrected chi connectivity index (χ0v) is 27.1. The van der Waals surface area contributed by atoms with Crippen molar-refractivity contribution in [1.82, 2.24) is 4.98 Å². The number of halogens is 2. The summed E-state index contributed by atoms with van der Waals surface area (Å²) in [4.78, 5) is 22.1. The Bertz CT molecular complexity index is 1440. The van der Waals surface area contributed by atoms with Crippen LogP contribution in [0.5, 0.6) is 0 Å². The van der Waals surface area contributed by atoms with E-state index in [9.17, 15) is 10.0 Å². The van der Waals surface area contributed by atoms with E-state index in [1.165, 1.54) is 17.4 Å². The standard InChI is InChI=1S/C13H8N4OS.C7H7NS.C3H4Cl2O.C3HN3O.Na/c14-6-11(7-15)17-18-8-12-9-19-13(16-12)10-4-2-1-3-5-10;8-7(9)6-4-2-1-3-5-6;4-1-3(6)2-5;1-5-3(2-4)6-7;/h1-5,9H,8H2;1-5H,(H2,8,9);1-2H2;7H;/q;;;;+1/p-1/b;;;6-3+;. The molecule has 0 saturated carbocycles. The van der Waals surface area contributed by atoms with Crippen LogP contribution in [0.2, 0.25) is 0 Å². The van der Waals surface area contributed by atoms with E-state index in [2.05, 4.69) is 20.1 Å². The monoisotopic (exact) mass is 648 g/mol. The first-order chi connectivity index (χ1) is 19.8. The van der Waals surface area contributed by atoms with Crippen LogP contribution in [-0.2, 0) is 16.2 Å². The number of amidine groups is 1. The van der Waals surface area contributed by atoms with Gasteiger partial charge in [0.15, 0.2) is 12.4 Å². The predicted octanol–water partition coefficient (Wildman–Crippen LogP) is 2.41. The molecule has 1 heterocycles. The molecule has 0 aliphatic rings. The fourth-order valence-corrected chi connectivity index (χ4v) is 3.25. The molecule has 0 radical (unpaired) electrons. The second-order valence-electron chi connectivity index (χ2n) is 6.62. The third-order valence-electron chi connectivity index (χ3n) is 3.80. The molecule has 42 heavy (non-hydrogen) atoms. The molecule has 11 nitrogen and oxygen atoms in total. The van der Waals surface area contributed by atoms with Gasteiger partial charge in [-0.15, -0.1) is 39.7 Å². The van der Waals surface area contributed by atoms with Gasteiger partial charge in [-0.2, -0.15) is 10.5 Å². The quantitative estimate of drug-likeness (QED) is 0.0762. The number of benzene rings is 2. The summed E-state index contributed by atoms with van der Waals surface area (Å²) in [5.41, 5.74) is 7.71. The number of thiazole rings is 1. The molecule has 16 heteroatoms. The Kier molecular flexibility index (Phi) is 25.0. The molecule has 0 bridgehead atoms. The molecule has 3 rings (SSSR count). The van der Waals surface area contributed by atoms with E-state index in [0.717, 1.165) is 16.1 Å². The van der Waals surface area contributed by atoms with Crippen molar-refractivity contribution in [2.24, 2.45) is 16.0 Å². The minimum absolute atomic E-state index is 0. The van der Waals surface area contributed by atoms with E-state index >= 15 is 0 Å². The molecule has 2 N–H and O–H groups in total. The molecule has 1 aromatic heterocycles. The van der Waals surface area contributed by atoms with Crippen LogP contribution >= 0.6 is 46.8 Å². The number of hydrogen-bond acceptors (Lipinski definition) is 11. The van der Waals surface area contributed by atoms with Gasteiger partial charge in [-0.25, -0.2) is 10.2 Å². The fourth-order valence-electron chi connectivity index (χ4n) is 2.02. The number of ketones is 1. The Morgan fingerprint density at radius 2 is 1.62 bits per heavy atom. The molecule has 3 aromatic rings. The predicted molar refractivity (Wildman–Crippen MR) is 163 cm³/mol. The number of nitrogens with two attached hydrogens (primary N) is 1. The summed E-state index contributed by atoms with van der Waals surface area (Å²) in [6.45, 7) is 6.17. The first-order valence-electron chi connectivity index (χ1n) is 10.8. The van der Waals surface area contributed by atoms with Crippen molar-refractivity contribution < 1.29 is 39.2 Å². The number of thiocarbonyl (C=S) groups is 1. The molecule has 0 fully saturated rings. The summed E-state index contributed by atoms with van der Waals surface area (Å²) in [5.74, 6) is -0.717. The second-order valence-corrected chi connectivity index (χ2v) is 8.45. The zero-order valence-electron chi connectivity index (χ0n) is 22.0. The molecule has 0 amide bonds. The number of rotatable bonds is 7. The maximum Gasteiger partial charge on any atom is 1.00 e. The third-order valence-corrected chi connectivity index (χ3v) is 5.57. The minimum atomic E-state index is -0.653. The van der Waals surface area contributed by atoms with Gasteiger partial charge in [0, 0.05) is 16.5 Å². The van der Waals surface area contributed by atoms with Crippen LogP contribution in [0.25, 0.3) is 15.4 Å². The van der Waals surface area contributed by atoms with E-state index in [0.29, 0.717) is 10.7 Å². The number of carbonyl (C=O) groups excluding carboxylic acids is 1. The number of hydrogen-bond donors (Lipinski definition) is 1. The van der Waals surface area contributed by atoms with Crippen LogP contribution in [0.1, 0.15) is 11.3 Å². The number of oxime groups is 1. The molecule has 208 valence electrons. The van der Waals surface area contributed by atoms with E-state index < -0.39 is 5.84 Å². The van der Waals surface area contributed by atoms with Gasteiger partial charge in [-0.3, -0.25) is 4.79 Å². The Morgan fingerprint density at radius 1 is 1.07 bits per heavy atom. The van der Waals surface area contributed by atoms with Crippen molar-refractivity contribution >= 4 is 69.1 Å². The fraction of sp³-hybridized carbons (Fsp3) is 0.115. The van der Waals surface area contributed by atoms with Gasteiger partial charge in [0.2, 0.25) is 0 Å². The molecule has 2 aromatic carbocycles. The Morgan fingerprint density at radius 3 is 1.98 bits per heavy atom. The van der Waals surface area contributed by atoms with Crippen LogP contribution in [-0.4, -0.2) is 39.1 Å². The Balaban J connectivity index is 0. The number of alkyl halides is 2. The smallest absolute Gasteiger partial charge is 0.691 e. The molecule has 0 saturated heterocycles. The van der Waals surface area contributed by atoms with Gasteiger partial charge in [0.1, 0.15) is 28.2 Å². The van der Waals surface area contributed by atoms with Crippen molar-refractivity contribution in [3.05, 3.63) is 93.9 Å². The number of carbonyl (C=O) groups is 1. The van der Waals surface area contributed by atoms with Crippen LogP contribution in [0.4, 0.5) is 0 Å². The Hall–Kier alpha value is -3.89. The first kappa shape index (κ1) is 40.2. The summed E-state index contributed by atoms with van der Waals surface area (Å²) < 4.78 is 0. The molecule has 0 aliphatic heterocycles. The summed E-state index contributed by atoms with van der Waals surface area (Å²) in [7, 11) is 0. The zero-order chi connectivity index (χ0) is 30.9.